The van der Waals surface area contributed by atoms with Gasteiger partial charge in [0, 0.05) is 10.9 Å². The molecule has 6 heteroatoms. The van der Waals surface area contributed by atoms with Crippen molar-refractivity contribution in [2.75, 3.05) is 5.32 Å². The molecule has 1 heterocycles. The van der Waals surface area contributed by atoms with Crippen molar-refractivity contribution in [2.45, 2.75) is 13.3 Å². The molecule has 0 saturated heterocycles. The summed E-state index contributed by atoms with van der Waals surface area (Å²) < 4.78 is 0. The van der Waals surface area contributed by atoms with E-state index >= 15 is 0 Å². The average molecular weight is 377 g/mol. The number of benzene rings is 2. The molecule has 0 atom stereocenters. The second kappa shape index (κ2) is 7.34. The number of aromatic nitrogens is 1. The van der Waals surface area contributed by atoms with Crippen molar-refractivity contribution in [2.24, 2.45) is 0 Å². The Hall–Kier alpha value is -1.88. The zero-order valence-corrected chi connectivity index (χ0v) is 15.2. The lowest BCUT2D eigenvalue weighted by Gasteiger charge is -2.07. The molecule has 0 saturated carbocycles. The molecule has 0 bridgehead atoms. The second-order valence-electron chi connectivity index (χ2n) is 5.34. The Labute approximate surface area is 154 Å². The molecule has 3 rings (SSSR count). The van der Waals surface area contributed by atoms with Gasteiger partial charge in [0.15, 0.2) is 0 Å². The van der Waals surface area contributed by atoms with Gasteiger partial charge in [-0.2, -0.15) is 0 Å². The van der Waals surface area contributed by atoms with E-state index in [4.69, 9.17) is 23.2 Å². The molecule has 122 valence electrons. The quantitative estimate of drug-likeness (QED) is 0.642. The third-order valence-corrected chi connectivity index (χ3v) is 5.18. The number of carbonyl (C=O) groups excluding carboxylic acids is 1. The fourth-order valence-corrected chi connectivity index (χ4v) is 3.35. The van der Waals surface area contributed by atoms with Crippen LogP contribution in [0.5, 0.6) is 0 Å². The van der Waals surface area contributed by atoms with Crippen LogP contribution in [0.1, 0.15) is 11.3 Å². The van der Waals surface area contributed by atoms with Crippen molar-refractivity contribution in [3.05, 3.63) is 69.1 Å². The SMILES string of the molecule is Cc1ccc(-c2nc(CC(=O)Nc3cccc(Cl)c3Cl)cs2)cc1. The highest BCUT2D eigenvalue weighted by Gasteiger charge is 2.12. The minimum absolute atomic E-state index is 0.181. The number of hydrogen-bond donors (Lipinski definition) is 1. The van der Waals surface area contributed by atoms with Crippen LogP contribution in [-0.2, 0) is 11.2 Å². The fourth-order valence-electron chi connectivity index (χ4n) is 2.18. The molecule has 0 aliphatic rings. The van der Waals surface area contributed by atoms with E-state index in [9.17, 15) is 4.79 Å². The van der Waals surface area contributed by atoms with Crippen molar-refractivity contribution < 1.29 is 4.79 Å². The number of carbonyl (C=O) groups is 1. The van der Waals surface area contributed by atoms with E-state index < -0.39 is 0 Å². The highest BCUT2D eigenvalue weighted by atomic mass is 35.5. The van der Waals surface area contributed by atoms with Crippen molar-refractivity contribution in [3.63, 3.8) is 0 Å². The third kappa shape index (κ3) is 3.96. The van der Waals surface area contributed by atoms with E-state index in [-0.39, 0.29) is 12.3 Å². The lowest BCUT2D eigenvalue weighted by Crippen LogP contribution is -2.14. The summed E-state index contributed by atoms with van der Waals surface area (Å²) in [4.78, 5) is 16.7. The molecule has 0 aliphatic heterocycles. The Morgan fingerprint density at radius 2 is 1.92 bits per heavy atom. The first-order valence-electron chi connectivity index (χ1n) is 7.28. The van der Waals surface area contributed by atoms with Crippen LogP contribution in [-0.4, -0.2) is 10.9 Å². The second-order valence-corrected chi connectivity index (χ2v) is 6.98. The van der Waals surface area contributed by atoms with E-state index in [1.807, 2.05) is 36.6 Å². The summed E-state index contributed by atoms with van der Waals surface area (Å²) in [6, 6.07) is 13.3. The summed E-state index contributed by atoms with van der Waals surface area (Å²) in [5.74, 6) is -0.181. The molecule has 24 heavy (non-hydrogen) atoms. The van der Waals surface area contributed by atoms with E-state index in [2.05, 4.69) is 10.3 Å². The largest absolute Gasteiger partial charge is 0.324 e. The molecular weight excluding hydrogens is 363 g/mol. The lowest BCUT2D eigenvalue weighted by molar-refractivity contribution is -0.115. The van der Waals surface area contributed by atoms with E-state index in [0.29, 0.717) is 15.7 Å². The van der Waals surface area contributed by atoms with Crippen LogP contribution in [0.25, 0.3) is 10.6 Å². The molecule has 0 unspecified atom stereocenters. The number of halogens is 2. The Balaban J connectivity index is 1.69. The first-order valence-corrected chi connectivity index (χ1v) is 8.92. The van der Waals surface area contributed by atoms with Crippen LogP contribution in [0, 0.1) is 6.92 Å². The van der Waals surface area contributed by atoms with Gasteiger partial charge in [-0.25, -0.2) is 4.98 Å². The minimum atomic E-state index is -0.181. The highest BCUT2D eigenvalue weighted by molar-refractivity contribution is 7.13. The van der Waals surface area contributed by atoms with Crippen molar-refractivity contribution in [3.8, 4) is 10.6 Å². The van der Waals surface area contributed by atoms with Gasteiger partial charge in [0.2, 0.25) is 5.91 Å². The van der Waals surface area contributed by atoms with Crippen LogP contribution in [0.3, 0.4) is 0 Å². The Morgan fingerprint density at radius 3 is 2.67 bits per heavy atom. The van der Waals surface area contributed by atoms with Gasteiger partial charge in [-0.1, -0.05) is 59.1 Å². The number of hydrogen-bond acceptors (Lipinski definition) is 3. The predicted molar refractivity (Wildman–Crippen MR) is 101 cm³/mol. The fraction of sp³-hybridized carbons (Fsp3) is 0.111. The van der Waals surface area contributed by atoms with Crippen LogP contribution in [0.2, 0.25) is 10.0 Å². The number of rotatable bonds is 4. The van der Waals surface area contributed by atoms with Crippen LogP contribution < -0.4 is 5.32 Å². The monoisotopic (exact) mass is 376 g/mol. The molecule has 1 amide bonds. The standard InChI is InChI=1S/C18H14Cl2N2OS/c1-11-5-7-12(8-6-11)18-21-13(10-24-18)9-16(23)22-15-4-2-3-14(19)17(15)20/h2-8,10H,9H2,1H3,(H,22,23). The molecule has 0 fully saturated rings. The van der Waals surface area contributed by atoms with Crippen molar-refractivity contribution in [1.82, 2.24) is 4.98 Å². The van der Waals surface area contributed by atoms with Gasteiger partial charge in [0.1, 0.15) is 5.01 Å². The smallest absolute Gasteiger partial charge is 0.230 e. The number of anilines is 1. The van der Waals surface area contributed by atoms with Crippen LogP contribution in [0.4, 0.5) is 5.69 Å². The van der Waals surface area contributed by atoms with Gasteiger partial charge < -0.3 is 5.32 Å². The first-order chi connectivity index (χ1) is 11.5. The predicted octanol–water partition coefficient (Wildman–Crippen LogP) is 5.61. The minimum Gasteiger partial charge on any atom is -0.324 e. The molecule has 3 nitrogen and oxygen atoms in total. The number of amides is 1. The summed E-state index contributed by atoms with van der Waals surface area (Å²) in [6.07, 6.45) is 0.186. The van der Waals surface area contributed by atoms with E-state index in [0.717, 1.165) is 16.3 Å². The first kappa shape index (κ1) is 17.0. The Bertz CT molecular complexity index is 875. The summed E-state index contributed by atoms with van der Waals surface area (Å²) in [7, 11) is 0. The summed E-state index contributed by atoms with van der Waals surface area (Å²) in [5, 5.41) is 6.31. The Kier molecular flexibility index (Phi) is 5.19. The maximum absolute atomic E-state index is 12.2. The molecule has 2 aromatic carbocycles. The normalized spacial score (nSPS) is 10.6. The molecule has 1 aromatic heterocycles. The van der Waals surface area contributed by atoms with Gasteiger partial charge in [0.25, 0.3) is 0 Å². The van der Waals surface area contributed by atoms with Gasteiger partial charge in [-0.3, -0.25) is 4.79 Å². The topological polar surface area (TPSA) is 42.0 Å². The number of nitrogens with zero attached hydrogens (tertiary/aromatic N) is 1. The van der Waals surface area contributed by atoms with E-state index in [1.165, 1.54) is 16.9 Å². The van der Waals surface area contributed by atoms with Crippen LogP contribution >= 0.6 is 34.5 Å². The number of thiazole rings is 1. The van der Waals surface area contributed by atoms with Crippen molar-refractivity contribution >= 4 is 46.1 Å². The lowest BCUT2D eigenvalue weighted by atomic mass is 10.2. The third-order valence-electron chi connectivity index (χ3n) is 3.42. The van der Waals surface area contributed by atoms with Gasteiger partial charge in [-0.05, 0) is 19.1 Å². The number of aryl methyl sites for hydroxylation is 1. The molecule has 0 spiro atoms. The number of nitrogens with one attached hydrogen (secondary N) is 1. The maximum Gasteiger partial charge on any atom is 0.230 e. The summed E-state index contributed by atoms with van der Waals surface area (Å²) in [6.45, 7) is 2.04. The van der Waals surface area contributed by atoms with Crippen molar-refractivity contribution in [1.29, 1.82) is 0 Å². The zero-order valence-electron chi connectivity index (χ0n) is 12.8. The maximum atomic E-state index is 12.2. The molecule has 0 aliphatic carbocycles. The molecule has 0 radical (unpaired) electrons. The van der Waals surface area contributed by atoms with Gasteiger partial charge in [0.05, 0.1) is 27.8 Å². The van der Waals surface area contributed by atoms with Gasteiger partial charge >= 0.3 is 0 Å². The summed E-state index contributed by atoms with van der Waals surface area (Å²) >= 11 is 13.5. The average Bonchev–Trinajstić information content (AvgIpc) is 3.01. The zero-order chi connectivity index (χ0) is 17.1. The van der Waals surface area contributed by atoms with E-state index in [1.54, 1.807) is 18.2 Å². The highest BCUT2D eigenvalue weighted by Crippen LogP contribution is 2.30. The molecule has 3 aromatic rings. The van der Waals surface area contributed by atoms with Crippen LogP contribution in [0.15, 0.2) is 47.8 Å². The summed E-state index contributed by atoms with van der Waals surface area (Å²) in [5.41, 5.74) is 3.48. The Morgan fingerprint density at radius 1 is 1.17 bits per heavy atom. The molecule has 1 N–H and O–H groups in total. The molecular formula is C18H14Cl2N2OS. The van der Waals surface area contributed by atoms with Gasteiger partial charge in [-0.15, -0.1) is 11.3 Å².